The van der Waals surface area contributed by atoms with Gasteiger partial charge in [-0.1, -0.05) is 6.07 Å². The summed E-state index contributed by atoms with van der Waals surface area (Å²) >= 11 is 0. The molecule has 1 aromatic carbocycles. The van der Waals surface area contributed by atoms with Gasteiger partial charge < -0.3 is 5.73 Å². The van der Waals surface area contributed by atoms with Crippen molar-refractivity contribution in [3.63, 3.8) is 0 Å². The van der Waals surface area contributed by atoms with E-state index in [1.54, 1.807) is 13.0 Å². The zero-order valence-corrected chi connectivity index (χ0v) is 14.4. The Morgan fingerprint density at radius 2 is 1.71 bits per heavy atom. The van der Waals surface area contributed by atoms with Crippen LogP contribution in [0.4, 0.5) is 0 Å². The molecule has 0 aliphatic carbocycles. The molecule has 0 spiro atoms. The number of sulfone groups is 1. The highest BCUT2D eigenvalue weighted by Gasteiger charge is 2.24. The molecule has 0 aliphatic heterocycles. The van der Waals surface area contributed by atoms with E-state index in [1.807, 2.05) is 13.0 Å². The fourth-order valence-electron chi connectivity index (χ4n) is 1.87. The smallest absolute Gasteiger partial charge is 0.243 e. The molecular formula is C13H22N2O4S2. The highest BCUT2D eigenvalue weighted by atomic mass is 32.2. The topological polar surface area (TPSA) is 97.5 Å². The van der Waals surface area contributed by atoms with Crippen LogP contribution in [0.1, 0.15) is 16.7 Å². The molecule has 0 unspecified atom stereocenters. The molecule has 8 heteroatoms. The minimum Gasteiger partial charge on any atom is -0.326 e. The van der Waals surface area contributed by atoms with Crippen LogP contribution in [0.5, 0.6) is 0 Å². The lowest BCUT2D eigenvalue weighted by atomic mass is 10.1. The van der Waals surface area contributed by atoms with Crippen molar-refractivity contribution in [2.75, 3.05) is 25.6 Å². The first-order chi connectivity index (χ1) is 9.49. The lowest BCUT2D eigenvalue weighted by Crippen LogP contribution is -2.32. The van der Waals surface area contributed by atoms with Crippen molar-refractivity contribution in [2.24, 2.45) is 5.73 Å². The van der Waals surface area contributed by atoms with Crippen molar-refractivity contribution < 1.29 is 16.8 Å². The van der Waals surface area contributed by atoms with Gasteiger partial charge in [-0.2, -0.15) is 4.31 Å². The average molecular weight is 334 g/mol. The normalized spacial score (nSPS) is 12.9. The van der Waals surface area contributed by atoms with Gasteiger partial charge in [0.1, 0.15) is 9.84 Å². The van der Waals surface area contributed by atoms with Gasteiger partial charge in [0.05, 0.1) is 10.6 Å². The van der Waals surface area contributed by atoms with Gasteiger partial charge in [0.15, 0.2) is 0 Å². The number of hydrogen-bond acceptors (Lipinski definition) is 5. The number of benzene rings is 1. The van der Waals surface area contributed by atoms with Gasteiger partial charge in [0.2, 0.25) is 10.0 Å². The molecule has 0 heterocycles. The minimum absolute atomic E-state index is 0.0769. The molecule has 0 aliphatic rings. The molecule has 21 heavy (non-hydrogen) atoms. The molecule has 0 bridgehead atoms. The standard InChI is InChI=1S/C13H22N2O4S2/c1-10-7-12(9-14)8-13(11(10)2)21(18,19)15(3)5-6-20(4,16)17/h7-8H,5-6,9,14H2,1-4H3. The number of hydrogen-bond donors (Lipinski definition) is 1. The molecule has 1 aromatic rings. The third-order valence-electron chi connectivity index (χ3n) is 3.38. The molecule has 2 N–H and O–H groups in total. The molecule has 0 saturated heterocycles. The van der Waals surface area contributed by atoms with Crippen LogP contribution in [0, 0.1) is 13.8 Å². The van der Waals surface area contributed by atoms with Crippen molar-refractivity contribution in [3.8, 4) is 0 Å². The second-order valence-electron chi connectivity index (χ2n) is 5.20. The second kappa shape index (κ2) is 6.43. The van der Waals surface area contributed by atoms with Crippen LogP contribution >= 0.6 is 0 Å². The molecule has 1 rings (SSSR count). The van der Waals surface area contributed by atoms with Gasteiger partial charge in [0, 0.05) is 26.4 Å². The third-order valence-corrected chi connectivity index (χ3v) is 6.29. The van der Waals surface area contributed by atoms with E-state index in [-0.39, 0.29) is 23.7 Å². The number of sulfonamides is 1. The van der Waals surface area contributed by atoms with E-state index in [4.69, 9.17) is 5.73 Å². The van der Waals surface area contributed by atoms with E-state index in [0.717, 1.165) is 21.7 Å². The fourth-order valence-corrected chi connectivity index (χ4v) is 4.10. The first kappa shape index (κ1) is 18.1. The van der Waals surface area contributed by atoms with Crippen LogP contribution in [0.25, 0.3) is 0 Å². The molecular weight excluding hydrogens is 312 g/mol. The summed E-state index contributed by atoms with van der Waals surface area (Å²) in [4.78, 5) is 0.180. The van der Waals surface area contributed by atoms with Gasteiger partial charge in [-0.25, -0.2) is 16.8 Å². The van der Waals surface area contributed by atoms with Crippen molar-refractivity contribution >= 4 is 19.9 Å². The summed E-state index contributed by atoms with van der Waals surface area (Å²) in [6, 6.07) is 3.40. The number of nitrogens with zero attached hydrogens (tertiary/aromatic N) is 1. The van der Waals surface area contributed by atoms with E-state index in [2.05, 4.69) is 0 Å². The SMILES string of the molecule is Cc1cc(CN)cc(S(=O)(=O)N(C)CCS(C)(=O)=O)c1C. The largest absolute Gasteiger partial charge is 0.326 e. The summed E-state index contributed by atoms with van der Waals surface area (Å²) in [6.45, 7) is 3.72. The lowest BCUT2D eigenvalue weighted by molar-refractivity contribution is 0.484. The summed E-state index contributed by atoms with van der Waals surface area (Å²) in [5, 5.41) is 0. The molecule has 0 radical (unpaired) electrons. The first-order valence-electron chi connectivity index (χ1n) is 6.43. The van der Waals surface area contributed by atoms with Crippen molar-refractivity contribution in [3.05, 3.63) is 28.8 Å². The Hall–Kier alpha value is -0.960. The van der Waals surface area contributed by atoms with E-state index >= 15 is 0 Å². The summed E-state index contributed by atoms with van der Waals surface area (Å²) in [7, 11) is -5.57. The van der Waals surface area contributed by atoms with Gasteiger partial charge in [-0.15, -0.1) is 0 Å². The van der Waals surface area contributed by atoms with Gasteiger partial charge in [-0.05, 0) is 36.6 Å². The van der Waals surface area contributed by atoms with Crippen molar-refractivity contribution in [2.45, 2.75) is 25.3 Å². The quantitative estimate of drug-likeness (QED) is 0.813. The van der Waals surface area contributed by atoms with E-state index in [9.17, 15) is 16.8 Å². The number of rotatable bonds is 6. The number of aryl methyl sites for hydroxylation is 1. The monoisotopic (exact) mass is 334 g/mol. The van der Waals surface area contributed by atoms with Crippen LogP contribution in [0.3, 0.4) is 0 Å². The predicted octanol–water partition coefficient (Wildman–Crippen LogP) is 0.427. The average Bonchev–Trinajstić information content (AvgIpc) is 2.37. The van der Waals surface area contributed by atoms with Crippen molar-refractivity contribution in [1.29, 1.82) is 0 Å². The maximum Gasteiger partial charge on any atom is 0.243 e. The van der Waals surface area contributed by atoms with Crippen LogP contribution < -0.4 is 5.73 Å². The molecule has 0 saturated carbocycles. The highest BCUT2D eigenvalue weighted by Crippen LogP contribution is 2.23. The Morgan fingerprint density at radius 1 is 1.14 bits per heavy atom. The van der Waals surface area contributed by atoms with Crippen LogP contribution in [0.15, 0.2) is 17.0 Å². The van der Waals surface area contributed by atoms with Crippen LogP contribution in [0.2, 0.25) is 0 Å². The first-order valence-corrected chi connectivity index (χ1v) is 9.93. The van der Waals surface area contributed by atoms with Crippen molar-refractivity contribution in [1.82, 2.24) is 4.31 Å². The maximum absolute atomic E-state index is 12.6. The van der Waals surface area contributed by atoms with E-state index in [1.165, 1.54) is 7.05 Å². The predicted molar refractivity (Wildman–Crippen MR) is 83.3 cm³/mol. The minimum atomic E-state index is -3.73. The molecule has 0 aromatic heterocycles. The third kappa shape index (κ3) is 4.50. The van der Waals surface area contributed by atoms with E-state index < -0.39 is 19.9 Å². The zero-order valence-electron chi connectivity index (χ0n) is 12.8. The Kier molecular flexibility index (Phi) is 5.54. The second-order valence-corrected chi connectivity index (χ2v) is 9.47. The Bertz CT molecular complexity index is 725. The zero-order chi connectivity index (χ0) is 16.4. The molecule has 0 amide bonds. The summed E-state index contributed by atoms with van der Waals surface area (Å²) in [5.74, 6) is -0.211. The van der Waals surface area contributed by atoms with Gasteiger partial charge in [-0.3, -0.25) is 0 Å². The summed E-state index contributed by atoms with van der Waals surface area (Å²) in [6.07, 6.45) is 1.08. The maximum atomic E-state index is 12.6. The van der Waals surface area contributed by atoms with Gasteiger partial charge >= 0.3 is 0 Å². The molecule has 6 nitrogen and oxygen atoms in total. The lowest BCUT2D eigenvalue weighted by Gasteiger charge is -2.19. The highest BCUT2D eigenvalue weighted by molar-refractivity contribution is 7.91. The molecule has 0 fully saturated rings. The summed E-state index contributed by atoms with van der Waals surface area (Å²) in [5.41, 5.74) is 7.81. The van der Waals surface area contributed by atoms with Crippen LogP contribution in [-0.2, 0) is 26.4 Å². The Labute approximate surface area is 126 Å². The number of nitrogens with two attached hydrogens (primary N) is 1. The molecule has 0 atom stereocenters. The van der Waals surface area contributed by atoms with Crippen LogP contribution in [-0.4, -0.2) is 46.7 Å². The van der Waals surface area contributed by atoms with Gasteiger partial charge in [0.25, 0.3) is 0 Å². The Morgan fingerprint density at radius 3 is 2.19 bits per heavy atom. The summed E-state index contributed by atoms with van der Waals surface area (Å²) < 4.78 is 48.6. The Balaban J connectivity index is 3.21. The fraction of sp³-hybridized carbons (Fsp3) is 0.538. The molecule has 120 valence electrons. The van der Waals surface area contributed by atoms with E-state index in [0.29, 0.717) is 5.56 Å².